The lowest BCUT2D eigenvalue weighted by atomic mass is 10.1. The van der Waals surface area contributed by atoms with E-state index in [4.69, 9.17) is 9.47 Å². The zero-order valence-electron chi connectivity index (χ0n) is 11.1. The average molecular weight is 281 g/mol. The van der Waals surface area contributed by atoms with Crippen LogP contribution in [0, 0.1) is 5.92 Å². The van der Waals surface area contributed by atoms with Crippen molar-refractivity contribution in [3.05, 3.63) is 24.3 Å². The van der Waals surface area contributed by atoms with E-state index < -0.39 is 0 Å². The van der Waals surface area contributed by atoms with Gasteiger partial charge in [0.1, 0.15) is 5.75 Å². The van der Waals surface area contributed by atoms with Crippen molar-refractivity contribution in [1.29, 1.82) is 0 Å². The van der Waals surface area contributed by atoms with Gasteiger partial charge in [-0.2, -0.15) is 0 Å². The van der Waals surface area contributed by atoms with Crippen molar-refractivity contribution in [2.75, 3.05) is 32.6 Å². The summed E-state index contributed by atoms with van der Waals surface area (Å²) in [4.78, 5) is 12.8. The summed E-state index contributed by atoms with van der Waals surface area (Å²) in [5.41, 5.74) is 0. The van der Waals surface area contributed by atoms with Crippen LogP contribution in [0.15, 0.2) is 29.2 Å². The molecule has 0 aromatic heterocycles. The molecular weight excluding hydrogens is 262 g/mol. The molecule has 1 aromatic rings. The van der Waals surface area contributed by atoms with Crippen molar-refractivity contribution in [3.8, 4) is 5.75 Å². The zero-order chi connectivity index (χ0) is 13.5. The van der Waals surface area contributed by atoms with E-state index in [1.165, 1.54) is 11.8 Å². The fraction of sp³-hybridized carbons (Fsp3) is 0.500. The van der Waals surface area contributed by atoms with Gasteiger partial charge in [-0.1, -0.05) is 6.07 Å². The first-order valence-corrected chi connectivity index (χ1v) is 7.38. The molecular formula is C14H19NO3S. The number of methoxy groups -OCH3 is 1. The first-order valence-electron chi connectivity index (χ1n) is 6.39. The molecule has 1 aliphatic rings. The molecule has 0 spiro atoms. The molecule has 19 heavy (non-hydrogen) atoms. The normalized spacial score (nSPS) is 18.3. The highest BCUT2D eigenvalue weighted by molar-refractivity contribution is 8.00. The monoisotopic (exact) mass is 281 g/mol. The minimum atomic E-state index is 0.0692. The van der Waals surface area contributed by atoms with Gasteiger partial charge < -0.3 is 14.8 Å². The third-order valence-electron chi connectivity index (χ3n) is 3.02. The van der Waals surface area contributed by atoms with Crippen LogP contribution >= 0.6 is 11.8 Å². The molecule has 0 unspecified atom stereocenters. The predicted molar refractivity (Wildman–Crippen MR) is 75.7 cm³/mol. The SMILES string of the molecule is COc1cccc(SCC(=O)NC[C@@H]2CCOC2)c1. The van der Waals surface area contributed by atoms with Crippen LogP contribution in [-0.2, 0) is 9.53 Å². The van der Waals surface area contributed by atoms with Crippen LogP contribution < -0.4 is 10.1 Å². The van der Waals surface area contributed by atoms with Gasteiger partial charge in [-0.25, -0.2) is 0 Å². The molecule has 4 nitrogen and oxygen atoms in total. The highest BCUT2D eigenvalue weighted by Crippen LogP contribution is 2.22. The molecule has 0 saturated carbocycles. The Kier molecular flexibility index (Phi) is 5.54. The lowest BCUT2D eigenvalue weighted by molar-refractivity contribution is -0.118. The van der Waals surface area contributed by atoms with Gasteiger partial charge in [-0.15, -0.1) is 11.8 Å². The van der Waals surface area contributed by atoms with Gasteiger partial charge in [-0.05, 0) is 24.6 Å². The molecule has 0 aliphatic carbocycles. The highest BCUT2D eigenvalue weighted by Gasteiger charge is 2.16. The minimum Gasteiger partial charge on any atom is -0.497 e. The maximum Gasteiger partial charge on any atom is 0.230 e. The Balaban J connectivity index is 1.70. The van der Waals surface area contributed by atoms with E-state index in [1.807, 2.05) is 24.3 Å². The van der Waals surface area contributed by atoms with Crippen molar-refractivity contribution >= 4 is 17.7 Å². The number of hydrogen-bond donors (Lipinski definition) is 1. The standard InChI is InChI=1S/C14H19NO3S/c1-17-12-3-2-4-13(7-12)19-10-14(16)15-8-11-5-6-18-9-11/h2-4,7,11H,5-6,8-10H2,1H3,(H,15,16)/t11-/m0/s1. The van der Waals surface area contributed by atoms with Crippen LogP contribution in [0.3, 0.4) is 0 Å². The Labute approximate surface area is 117 Å². The van der Waals surface area contributed by atoms with Gasteiger partial charge in [0.15, 0.2) is 0 Å². The van der Waals surface area contributed by atoms with Crippen LogP contribution in [0.5, 0.6) is 5.75 Å². The van der Waals surface area contributed by atoms with Crippen LogP contribution in [0.1, 0.15) is 6.42 Å². The molecule has 1 heterocycles. The first kappa shape index (κ1) is 14.2. The second-order valence-electron chi connectivity index (χ2n) is 4.50. The third-order valence-corrected chi connectivity index (χ3v) is 4.02. The summed E-state index contributed by atoms with van der Waals surface area (Å²) in [6.07, 6.45) is 1.04. The van der Waals surface area contributed by atoms with E-state index in [0.29, 0.717) is 11.7 Å². The largest absolute Gasteiger partial charge is 0.497 e. The Morgan fingerprint density at radius 2 is 2.47 bits per heavy atom. The maximum atomic E-state index is 11.7. The number of nitrogens with one attached hydrogen (secondary N) is 1. The molecule has 0 radical (unpaired) electrons. The molecule has 2 rings (SSSR count). The first-order chi connectivity index (χ1) is 9.28. The summed E-state index contributed by atoms with van der Waals surface area (Å²) in [6, 6.07) is 7.73. The molecule has 1 aliphatic heterocycles. The number of benzene rings is 1. The van der Waals surface area contributed by atoms with Gasteiger partial charge in [0, 0.05) is 24.0 Å². The molecule has 1 N–H and O–H groups in total. The van der Waals surface area contributed by atoms with E-state index in [0.717, 1.165) is 36.8 Å². The van der Waals surface area contributed by atoms with Gasteiger partial charge >= 0.3 is 0 Å². The molecule has 1 aromatic carbocycles. The summed E-state index contributed by atoms with van der Waals surface area (Å²) in [6.45, 7) is 2.31. The Hall–Kier alpha value is -1.20. The number of carbonyl (C=O) groups excluding carboxylic acids is 1. The van der Waals surface area contributed by atoms with Crippen molar-refractivity contribution in [1.82, 2.24) is 5.32 Å². The van der Waals surface area contributed by atoms with Gasteiger partial charge in [-0.3, -0.25) is 4.79 Å². The van der Waals surface area contributed by atoms with E-state index in [9.17, 15) is 4.79 Å². The van der Waals surface area contributed by atoms with E-state index in [2.05, 4.69) is 5.32 Å². The highest BCUT2D eigenvalue weighted by atomic mass is 32.2. The number of carbonyl (C=O) groups is 1. The van der Waals surface area contributed by atoms with Crippen molar-refractivity contribution in [3.63, 3.8) is 0 Å². The summed E-state index contributed by atoms with van der Waals surface area (Å²) in [5, 5.41) is 2.95. The van der Waals surface area contributed by atoms with Gasteiger partial charge in [0.05, 0.1) is 19.5 Å². The van der Waals surface area contributed by atoms with Gasteiger partial charge in [0.2, 0.25) is 5.91 Å². The third kappa shape index (κ3) is 4.76. The number of ether oxygens (including phenoxy) is 2. The second-order valence-corrected chi connectivity index (χ2v) is 5.55. The summed E-state index contributed by atoms with van der Waals surface area (Å²) >= 11 is 1.52. The van der Waals surface area contributed by atoms with Crippen LogP contribution in [0.25, 0.3) is 0 Å². The molecule has 1 saturated heterocycles. The number of thioether (sulfide) groups is 1. The van der Waals surface area contributed by atoms with Crippen molar-refractivity contribution in [2.45, 2.75) is 11.3 Å². The number of rotatable bonds is 6. The Morgan fingerprint density at radius 1 is 1.58 bits per heavy atom. The summed E-state index contributed by atoms with van der Waals surface area (Å²) in [5.74, 6) is 1.79. The number of amides is 1. The smallest absolute Gasteiger partial charge is 0.230 e. The van der Waals surface area contributed by atoms with E-state index in [1.54, 1.807) is 7.11 Å². The van der Waals surface area contributed by atoms with Gasteiger partial charge in [0.25, 0.3) is 0 Å². The molecule has 1 fully saturated rings. The lowest BCUT2D eigenvalue weighted by Gasteiger charge is -2.09. The van der Waals surface area contributed by atoms with Crippen LogP contribution in [0.4, 0.5) is 0 Å². The zero-order valence-corrected chi connectivity index (χ0v) is 11.9. The average Bonchev–Trinajstić information content (AvgIpc) is 2.96. The fourth-order valence-electron chi connectivity index (χ4n) is 1.89. The second kappa shape index (κ2) is 7.40. The Morgan fingerprint density at radius 3 is 3.21 bits per heavy atom. The maximum absolute atomic E-state index is 11.7. The topological polar surface area (TPSA) is 47.6 Å². The minimum absolute atomic E-state index is 0.0692. The summed E-state index contributed by atoms with van der Waals surface area (Å²) in [7, 11) is 1.64. The molecule has 104 valence electrons. The summed E-state index contributed by atoms with van der Waals surface area (Å²) < 4.78 is 10.4. The van der Waals surface area contributed by atoms with Crippen LogP contribution in [0.2, 0.25) is 0 Å². The van der Waals surface area contributed by atoms with E-state index >= 15 is 0 Å². The van der Waals surface area contributed by atoms with E-state index in [-0.39, 0.29) is 5.91 Å². The Bertz CT molecular complexity index is 419. The van der Waals surface area contributed by atoms with Crippen molar-refractivity contribution < 1.29 is 14.3 Å². The lowest BCUT2D eigenvalue weighted by Crippen LogP contribution is -2.30. The predicted octanol–water partition coefficient (Wildman–Crippen LogP) is 1.94. The fourth-order valence-corrected chi connectivity index (χ4v) is 2.67. The molecule has 0 bridgehead atoms. The van der Waals surface area contributed by atoms with Crippen LogP contribution in [-0.4, -0.2) is 38.5 Å². The quantitative estimate of drug-likeness (QED) is 0.810. The molecule has 5 heteroatoms. The van der Waals surface area contributed by atoms with Crippen molar-refractivity contribution in [2.24, 2.45) is 5.92 Å². The molecule has 1 amide bonds. The number of hydrogen-bond acceptors (Lipinski definition) is 4. The molecule has 1 atom stereocenters.